The van der Waals surface area contributed by atoms with Gasteiger partial charge < -0.3 is 10.2 Å². The first-order valence-corrected chi connectivity index (χ1v) is 8.35. The van der Waals surface area contributed by atoms with Crippen molar-refractivity contribution in [1.29, 1.82) is 0 Å². The van der Waals surface area contributed by atoms with E-state index in [0.29, 0.717) is 5.56 Å². The smallest absolute Gasteiger partial charge is 0.255 e. The Kier molecular flexibility index (Phi) is 5.14. The molecule has 0 bridgehead atoms. The first kappa shape index (κ1) is 16.8. The van der Waals surface area contributed by atoms with Crippen molar-refractivity contribution in [1.82, 2.24) is 0 Å². The molecule has 3 rings (SSSR count). The Bertz CT molecular complexity index is 824. The Morgan fingerprint density at radius 1 is 0.880 bits per heavy atom. The largest absolute Gasteiger partial charge is 0.370 e. The quantitative estimate of drug-likeness (QED) is 0.723. The van der Waals surface area contributed by atoms with Crippen LogP contribution < -0.4 is 10.2 Å². The minimum atomic E-state index is -0.0922. The summed E-state index contributed by atoms with van der Waals surface area (Å²) in [4.78, 5) is 14.4. The maximum absolute atomic E-state index is 12.3. The summed E-state index contributed by atoms with van der Waals surface area (Å²) in [7, 11) is 2.06. The van der Waals surface area contributed by atoms with Crippen molar-refractivity contribution >= 4 is 17.3 Å². The summed E-state index contributed by atoms with van der Waals surface area (Å²) in [6.45, 7) is 2.85. The van der Waals surface area contributed by atoms with E-state index in [4.69, 9.17) is 0 Å². The van der Waals surface area contributed by atoms with Gasteiger partial charge in [0.1, 0.15) is 0 Å². The molecule has 0 saturated heterocycles. The Morgan fingerprint density at radius 3 is 2.16 bits per heavy atom. The lowest BCUT2D eigenvalue weighted by Crippen LogP contribution is -2.16. The van der Waals surface area contributed by atoms with Crippen LogP contribution in [0.2, 0.25) is 0 Å². The van der Waals surface area contributed by atoms with Gasteiger partial charge in [0, 0.05) is 30.5 Å². The lowest BCUT2D eigenvalue weighted by atomic mass is 10.1. The topological polar surface area (TPSA) is 32.3 Å². The highest BCUT2D eigenvalue weighted by Gasteiger charge is 2.07. The molecular weight excluding hydrogens is 308 g/mol. The molecule has 0 heterocycles. The minimum Gasteiger partial charge on any atom is -0.370 e. The van der Waals surface area contributed by atoms with Gasteiger partial charge in [-0.2, -0.15) is 0 Å². The first-order chi connectivity index (χ1) is 12.1. The van der Waals surface area contributed by atoms with Crippen LogP contribution in [0.15, 0.2) is 78.9 Å². The number of nitrogens with one attached hydrogen (secondary N) is 1. The highest BCUT2D eigenvalue weighted by atomic mass is 16.1. The fraction of sp³-hybridized carbons (Fsp3) is 0.136. The summed E-state index contributed by atoms with van der Waals surface area (Å²) in [5.74, 6) is -0.0922. The molecule has 0 spiro atoms. The molecule has 25 heavy (non-hydrogen) atoms. The van der Waals surface area contributed by atoms with Gasteiger partial charge in [-0.15, -0.1) is 0 Å². The van der Waals surface area contributed by atoms with Crippen molar-refractivity contribution in [3.63, 3.8) is 0 Å². The summed E-state index contributed by atoms with van der Waals surface area (Å²) in [5.41, 5.74) is 4.97. The van der Waals surface area contributed by atoms with Gasteiger partial charge in [0.25, 0.3) is 5.91 Å². The number of anilines is 2. The van der Waals surface area contributed by atoms with Crippen LogP contribution in [0.4, 0.5) is 11.4 Å². The van der Waals surface area contributed by atoms with E-state index in [9.17, 15) is 4.79 Å². The van der Waals surface area contributed by atoms with Gasteiger partial charge in [0.05, 0.1) is 0 Å². The SMILES string of the molecule is Cc1ccc(C(=O)Nc2ccc(N(C)Cc3ccccc3)cc2)cc1. The molecule has 3 aromatic carbocycles. The van der Waals surface area contributed by atoms with Crippen molar-refractivity contribution in [3.05, 3.63) is 95.6 Å². The van der Waals surface area contributed by atoms with Crippen LogP contribution in [-0.2, 0) is 6.54 Å². The fourth-order valence-corrected chi connectivity index (χ4v) is 2.66. The van der Waals surface area contributed by atoms with E-state index in [0.717, 1.165) is 23.5 Å². The molecular formula is C22H22N2O. The number of aryl methyl sites for hydroxylation is 1. The summed E-state index contributed by atoms with van der Waals surface area (Å²) in [5, 5.41) is 2.94. The zero-order chi connectivity index (χ0) is 17.6. The number of hydrogen-bond donors (Lipinski definition) is 1. The highest BCUT2D eigenvalue weighted by molar-refractivity contribution is 6.04. The fourth-order valence-electron chi connectivity index (χ4n) is 2.66. The number of benzene rings is 3. The lowest BCUT2D eigenvalue weighted by molar-refractivity contribution is 0.102. The van der Waals surface area contributed by atoms with Crippen molar-refractivity contribution in [3.8, 4) is 0 Å². The monoisotopic (exact) mass is 330 g/mol. The molecule has 0 aliphatic rings. The second-order valence-corrected chi connectivity index (χ2v) is 6.21. The zero-order valence-electron chi connectivity index (χ0n) is 14.6. The maximum atomic E-state index is 12.3. The van der Waals surface area contributed by atoms with Gasteiger partial charge in [-0.25, -0.2) is 0 Å². The van der Waals surface area contributed by atoms with E-state index < -0.39 is 0 Å². The molecule has 3 aromatic rings. The maximum Gasteiger partial charge on any atom is 0.255 e. The number of hydrogen-bond acceptors (Lipinski definition) is 2. The number of carbonyl (C=O) groups excluding carboxylic acids is 1. The van der Waals surface area contributed by atoms with E-state index in [1.165, 1.54) is 5.56 Å². The standard InChI is InChI=1S/C22H22N2O/c1-17-8-10-19(11-9-17)22(25)23-20-12-14-21(15-13-20)24(2)16-18-6-4-3-5-7-18/h3-15H,16H2,1-2H3,(H,23,25). The normalized spacial score (nSPS) is 10.3. The van der Waals surface area contributed by atoms with Crippen LogP contribution >= 0.6 is 0 Å². The second kappa shape index (κ2) is 7.67. The third-order valence-electron chi connectivity index (χ3n) is 4.14. The first-order valence-electron chi connectivity index (χ1n) is 8.35. The van der Waals surface area contributed by atoms with Gasteiger partial charge in [-0.05, 0) is 48.9 Å². The van der Waals surface area contributed by atoms with Gasteiger partial charge in [0.15, 0.2) is 0 Å². The van der Waals surface area contributed by atoms with Crippen LogP contribution in [-0.4, -0.2) is 13.0 Å². The van der Waals surface area contributed by atoms with E-state index in [-0.39, 0.29) is 5.91 Å². The van der Waals surface area contributed by atoms with Gasteiger partial charge in [-0.3, -0.25) is 4.79 Å². The van der Waals surface area contributed by atoms with E-state index in [1.54, 1.807) is 0 Å². The number of nitrogens with zero attached hydrogens (tertiary/aromatic N) is 1. The lowest BCUT2D eigenvalue weighted by Gasteiger charge is -2.19. The molecule has 3 heteroatoms. The Balaban J connectivity index is 1.63. The number of rotatable bonds is 5. The van der Waals surface area contributed by atoms with Crippen LogP contribution in [0.3, 0.4) is 0 Å². The van der Waals surface area contributed by atoms with Crippen molar-refractivity contribution < 1.29 is 4.79 Å². The molecule has 0 saturated carbocycles. The Hall–Kier alpha value is -3.07. The molecule has 0 aromatic heterocycles. The molecule has 0 unspecified atom stereocenters. The summed E-state index contributed by atoms with van der Waals surface area (Å²) < 4.78 is 0. The Morgan fingerprint density at radius 2 is 1.52 bits per heavy atom. The average Bonchev–Trinajstić information content (AvgIpc) is 2.63. The van der Waals surface area contributed by atoms with Gasteiger partial charge >= 0.3 is 0 Å². The summed E-state index contributed by atoms with van der Waals surface area (Å²) in [6.07, 6.45) is 0. The number of carbonyl (C=O) groups is 1. The molecule has 0 fully saturated rings. The predicted octanol–water partition coefficient (Wildman–Crippen LogP) is 4.88. The predicted molar refractivity (Wildman–Crippen MR) is 104 cm³/mol. The molecule has 0 atom stereocenters. The van der Waals surface area contributed by atoms with E-state index in [2.05, 4.69) is 29.4 Å². The van der Waals surface area contributed by atoms with E-state index >= 15 is 0 Å². The van der Waals surface area contributed by atoms with Crippen LogP contribution in [0.25, 0.3) is 0 Å². The highest BCUT2D eigenvalue weighted by Crippen LogP contribution is 2.19. The second-order valence-electron chi connectivity index (χ2n) is 6.21. The molecule has 0 aliphatic heterocycles. The van der Waals surface area contributed by atoms with Gasteiger partial charge in [0.2, 0.25) is 0 Å². The van der Waals surface area contributed by atoms with Crippen molar-refractivity contribution in [2.75, 3.05) is 17.3 Å². The Labute approximate surface area is 148 Å². The molecule has 1 N–H and O–H groups in total. The average molecular weight is 330 g/mol. The summed E-state index contributed by atoms with van der Waals surface area (Å²) >= 11 is 0. The van der Waals surface area contributed by atoms with Crippen molar-refractivity contribution in [2.45, 2.75) is 13.5 Å². The molecule has 0 aliphatic carbocycles. The minimum absolute atomic E-state index is 0.0922. The van der Waals surface area contributed by atoms with Gasteiger partial charge in [-0.1, -0.05) is 48.0 Å². The van der Waals surface area contributed by atoms with Crippen LogP contribution in [0, 0.1) is 6.92 Å². The molecule has 3 nitrogen and oxygen atoms in total. The van der Waals surface area contributed by atoms with Crippen LogP contribution in [0.1, 0.15) is 21.5 Å². The van der Waals surface area contributed by atoms with Crippen molar-refractivity contribution in [2.24, 2.45) is 0 Å². The van der Waals surface area contributed by atoms with E-state index in [1.807, 2.05) is 73.7 Å². The molecule has 0 radical (unpaired) electrons. The molecule has 126 valence electrons. The molecule has 1 amide bonds. The number of amides is 1. The summed E-state index contributed by atoms with van der Waals surface area (Å²) in [6, 6.07) is 25.8. The zero-order valence-corrected chi connectivity index (χ0v) is 14.6. The third-order valence-corrected chi connectivity index (χ3v) is 4.14. The third kappa shape index (κ3) is 4.48. The van der Waals surface area contributed by atoms with Crippen LogP contribution in [0.5, 0.6) is 0 Å².